The summed E-state index contributed by atoms with van der Waals surface area (Å²) in [6, 6.07) is 20.3. The van der Waals surface area contributed by atoms with Crippen LogP contribution in [0.25, 0.3) is 0 Å². The highest BCUT2D eigenvalue weighted by Gasteiger charge is 2.28. The summed E-state index contributed by atoms with van der Waals surface area (Å²) in [5.74, 6) is 0.710. The van der Waals surface area contributed by atoms with Gasteiger partial charge in [0.05, 0.1) is 12.0 Å². The largest absolute Gasteiger partial charge is 0.497 e. The van der Waals surface area contributed by atoms with Crippen molar-refractivity contribution in [1.29, 1.82) is 0 Å². The molecule has 1 N–H and O–H groups in total. The number of sulfonamides is 1. The zero-order valence-corrected chi connectivity index (χ0v) is 19.7. The summed E-state index contributed by atoms with van der Waals surface area (Å²) < 4.78 is 32.8. The normalized spacial score (nSPS) is 13.9. The van der Waals surface area contributed by atoms with Crippen molar-refractivity contribution >= 4 is 21.6 Å². The van der Waals surface area contributed by atoms with Gasteiger partial charge >= 0.3 is 0 Å². The summed E-state index contributed by atoms with van der Waals surface area (Å²) in [7, 11) is -1.94. The Labute approximate surface area is 195 Å². The highest BCUT2D eigenvalue weighted by Crippen LogP contribution is 2.27. The fraction of sp³-hybridized carbons (Fsp3) is 0.269. The average Bonchev–Trinajstić information content (AvgIpc) is 2.83. The summed E-state index contributed by atoms with van der Waals surface area (Å²) in [5, 5.41) is 2.94. The van der Waals surface area contributed by atoms with Crippen molar-refractivity contribution in [2.24, 2.45) is 0 Å². The molecule has 3 aromatic rings. The van der Waals surface area contributed by atoms with Crippen LogP contribution in [0.1, 0.15) is 28.7 Å². The first-order chi connectivity index (χ1) is 15.8. The predicted molar refractivity (Wildman–Crippen MR) is 129 cm³/mol. The molecule has 1 aliphatic heterocycles. The molecule has 0 saturated carbocycles. The monoisotopic (exact) mass is 464 g/mol. The Hall–Kier alpha value is -3.16. The topological polar surface area (TPSA) is 75.7 Å². The number of amides is 1. The number of nitrogens with zero attached hydrogens (tertiary/aromatic N) is 1. The fourth-order valence-electron chi connectivity index (χ4n) is 3.95. The van der Waals surface area contributed by atoms with Crippen molar-refractivity contribution in [3.63, 3.8) is 0 Å². The number of anilines is 1. The maximum atomic E-state index is 13.1. The van der Waals surface area contributed by atoms with Crippen LogP contribution in [0.4, 0.5) is 5.69 Å². The zero-order chi connectivity index (χ0) is 23.4. The van der Waals surface area contributed by atoms with Gasteiger partial charge in [0.1, 0.15) is 5.75 Å². The molecule has 172 valence electrons. The lowest BCUT2D eigenvalue weighted by atomic mass is 10.0. The molecular weight excluding hydrogens is 436 g/mol. The number of aryl methyl sites for hydroxylation is 2. The molecule has 4 rings (SSSR count). The van der Waals surface area contributed by atoms with Crippen LogP contribution in [0.3, 0.4) is 0 Å². The Morgan fingerprint density at radius 2 is 1.73 bits per heavy atom. The molecule has 0 saturated heterocycles. The number of fused-ring (bicyclic) bond motifs is 1. The Morgan fingerprint density at radius 1 is 1.00 bits per heavy atom. The van der Waals surface area contributed by atoms with E-state index in [9.17, 15) is 13.2 Å². The second-order valence-electron chi connectivity index (χ2n) is 8.28. The SMILES string of the molecule is COc1ccc(CCC(=O)Nc2ccc3c(c2)CN(S(=O)(=O)c2ccc(C)cc2)CC3)cc1. The van der Waals surface area contributed by atoms with E-state index < -0.39 is 10.0 Å². The van der Waals surface area contributed by atoms with E-state index in [4.69, 9.17) is 4.74 Å². The first-order valence-corrected chi connectivity index (χ1v) is 12.4. The first kappa shape index (κ1) is 23.0. The van der Waals surface area contributed by atoms with E-state index >= 15 is 0 Å². The number of carbonyl (C=O) groups is 1. The highest BCUT2D eigenvalue weighted by molar-refractivity contribution is 7.89. The van der Waals surface area contributed by atoms with E-state index in [2.05, 4.69) is 5.32 Å². The standard InChI is InChI=1S/C26H28N2O4S/c1-19-3-12-25(13-4-19)33(30,31)28-16-15-21-8-9-23(17-22(21)18-28)27-26(29)14-7-20-5-10-24(32-2)11-6-20/h3-6,8-13,17H,7,14-16,18H2,1-2H3,(H,27,29). The number of ether oxygens (including phenoxy) is 1. The summed E-state index contributed by atoms with van der Waals surface area (Å²) in [6.45, 7) is 2.66. The minimum absolute atomic E-state index is 0.0780. The molecule has 33 heavy (non-hydrogen) atoms. The van der Waals surface area contributed by atoms with E-state index in [0.29, 0.717) is 42.9 Å². The second-order valence-corrected chi connectivity index (χ2v) is 10.2. The molecule has 3 aromatic carbocycles. The van der Waals surface area contributed by atoms with Crippen molar-refractivity contribution < 1.29 is 17.9 Å². The van der Waals surface area contributed by atoms with E-state index in [1.54, 1.807) is 19.2 Å². The molecule has 7 heteroatoms. The number of carbonyl (C=O) groups excluding carboxylic acids is 1. The van der Waals surface area contributed by atoms with Gasteiger partial charge in [-0.05, 0) is 72.9 Å². The van der Waals surface area contributed by atoms with Crippen molar-refractivity contribution in [3.8, 4) is 5.75 Å². The lowest BCUT2D eigenvalue weighted by Gasteiger charge is -2.28. The quantitative estimate of drug-likeness (QED) is 0.565. The first-order valence-electron chi connectivity index (χ1n) is 11.0. The number of rotatable bonds is 7. The van der Waals surface area contributed by atoms with Crippen LogP contribution < -0.4 is 10.1 Å². The predicted octanol–water partition coefficient (Wildman–Crippen LogP) is 4.32. The zero-order valence-electron chi connectivity index (χ0n) is 18.9. The average molecular weight is 465 g/mol. The Bertz CT molecular complexity index is 1240. The van der Waals surface area contributed by atoms with Crippen molar-refractivity contribution in [1.82, 2.24) is 4.31 Å². The Morgan fingerprint density at radius 3 is 2.42 bits per heavy atom. The third kappa shape index (κ3) is 5.43. The smallest absolute Gasteiger partial charge is 0.243 e. The molecule has 0 atom stereocenters. The maximum absolute atomic E-state index is 13.1. The van der Waals surface area contributed by atoms with Crippen LogP contribution in [0, 0.1) is 6.92 Å². The van der Waals surface area contributed by atoms with Crippen molar-refractivity contribution in [2.45, 2.75) is 37.6 Å². The number of benzene rings is 3. The summed E-state index contributed by atoms with van der Waals surface area (Å²) in [4.78, 5) is 12.8. The molecule has 0 radical (unpaired) electrons. The molecule has 1 amide bonds. The number of hydrogen-bond acceptors (Lipinski definition) is 4. The lowest BCUT2D eigenvalue weighted by molar-refractivity contribution is -0.116. The van der Waals surface area contributed by atoms with E-state index in [1.807, 2.05) is 61.5 Å². The molecule has 6 nitrogen and oxygen atoms in total. The molecular formula is C26H28N2O4S. The van der Waals surface area contributed by atoms with Gasteiger partial charge in [-0.15, -0.1) is 0 Å². The van der Waals surface area contributed by atoms with Gasteiger partial charge in [0.2, 0.25) is 15.9 Å². The highest BCUT2D eigenvalue weighted by atomic mass is 32.2. The van der Waals surface area contributed by atoms with Gasteiger partial charge in [-0.25, -0.2) is 8.42 Å². The maximum Gasteiger partial charge on any atom is 0.243 e. The molecule has 1 aliphatic rings. The minimum atomic E-state index is -3.56. The van der Waals surface area contributed by atoms with Crippen LogP contribution >= 0.6 is 0 Å². The van der Waals surface area contributed by atoms with Crippen LogP contribution in [-0.4, -0.2) is 32.3 Å². The van der Waals surface area contributed by atoms with E-state index in [1.165, 1.54) is 4.31 Å². The van der Waals surface area contributed by atoms with Crippen LogP contribution in [0.2, 0.25) is 0 Å². The third-order valence-corrected chi connectivity index (χ3v) is 7.79. The molecule has 1 heterocycles. The van der Waals surface area contributed by atoms with Gasteiger partial charge in [-0.2, -0.15) is 4.31 Å². The molecule has 0 bridgehead atoms. The fourth-order valence-corrected chi connectivity index (χ4v) is 5.37. The van der Waals surface area contributed by atoms with Gasteiger partial charge in [-0.1, -0.05) is 35.9 Å². The Kier molecular flexibility index (Phi) is 6.81. The summed E-state index contributed by atoms with van der Waals surface area (Å²) >= 11 is 0. The van der Waals surface area contributed by atoms with Crippen LogP contribution in [-0.2, 0) is 34.2 Å². The second kappa shape index (κ2) is 9.77. The Balaban J connectivity index is 1.40. The van der Waals surface area contributed by atoms with E-state index in [0.717, 1.165) is 28.0 Å². The molecule has 0 aliphatic carbocycles. The number of methoxy groups -OCH3 is 1. The summed E-state index contributed by atoms with van der Waals surface area (Å²) in [5.41, 5.74) is 4.80. The molecule has 0 unspecified atom stereocenters. The van der Waals surface area contributed by atoms with Gasteiger partial charge < -0.3 is 10.1 Å². The van der Waals surface area contributed by atoms with E-state index in [-0.39, 0.29) is 5.91 Å². The van der Waals surface area contributed by atoms with Crippen LogP contribution in [0.5, 0.6) is 5.75 Å². The van der Waals surface area contributed by atoms with Gasteiger partial charge in [0.25, 0.3) is 0 Å². The molecule has 0 fully saturated rings. The number of nitrogens with one attached hydrogen (secondary N) is 1. The summed E-state index contributed by atoms with van der Waals surface area (Å²) in [6.07, 6.45) is 1.63. The molecule has 0 spiro atoms. The van der Waals surface area contributed by atoms with Gasteiger partial charge in [0.15, 0.2) is 0 Å². The van der Waals surface area contributed by atoms with Gasteiger partial charge in [0, 0.05) is 25.2 Å². The van der Waals surface area contributed by atoms with Crippen molar-refractivity contribution in [3.05, 3.63) is 89.0 Å². The van der Waals surface area contributed by atoms with Crippen molar-refractivity contribution in [2.75, 3.05) is 19.0 Å². The number of hydrogen-bond donors (Lipinski definition) is 1. The molecule has 0 aromatic heterocycles. The minimum Gasteiger partial charge on any atom is -0.497 e. The van der Waals surface area contributed by atoms with Crippen LogP contribution in [0.15, 0.2) is 71.6 Å². The van der Waals surface area contributed by atoms with Gasteiger partial charge in [-0.3, -0.25) is 4.79 Å². The lowest BCUT2D eigenvalue weighted by Crippen LogP contribution is -2.36. The third-order valence-electron chi connectivity index (χ3n) is 5.93.